The maximum Gasteiger partial charge on any atom is 0.224 e. The van der Waals surface area contributed by atoms with E-state index in [0.29, 0.717) is 70.0 Å². The molecule has 0 bridgehead atoms. The normalized spacial score (nSPS) is 11.4. The summed E-state index contributed by atoms with van der Waals surface area (Å²) in [5.41, 5.74) is 15.6. The summed E-state index contributed by atoms with van der Waals surface area (Å²) in [5, 5.41) is 20.5. The van der Waals surface area contributed by atoms with Crippen molar-refractivity contribution in [2.75, 3.05) is 0 Å². The summed E-state index contributed by atoms with van der Waals surface area (Å²) in [6, 6.07) is 133. The summed E-state index contributed by atoms with van der Waals surface area (Å²) in [6.07, 6.45) is 14.2. The largest absolute Gasteiger partial charge is 0.466 e. The van der Waals surface area contributed by atoms with E-state index in [1.54, 1.807) is 61.2 Å². The van der Waals surface area contributed by atoms with Gasteiger partial charge in [0, 0.05) is 283 Å². The number of hydrogen-bond donors (Lipinski definition) is 0. The van der Waals surface area contributed by atoms with Gasteiger partial charge in [0.05, 0.1) is 16.6 Å². The monoisotopic (exact) mass is 2630 g/mol. The minimum atomic E-state index is 0. The van der Waals surface area contributed by atoms with E-state index in [0.717, 1.165) is 165 Å². The standard InChI is InChI=1S/2C33H18N5O.C27H15N4O2.C27H17N4O2.4Ir/c1-2-12-27-21(7-1)25-10-5-17-34-32(25)37(27)29-13-4-14-30(36-29)39-20-15-16-22-23-8-3-9-24-26-11-6-18-35-33(26)38(31(23)24)28(22)19-20;1-2-11-27-21(7-1)26-15-16-30(36-33(26)37(27)29-12-3-4-17-34-29)39-20-13-14-22-23-8-5-9-24-25-10-6-18-35-32(25)38(31(23)24)28(22)19-20;1-2-14-28-23(9-1)33-25-11-4-10-24(30-25)32-17-12-13-18-19-6-3-7-20-21-8-5-15-29-27(21)31(26(19)20)22(18)16-17;1-2-12-23-21(10-1)22-11-7-17-29-27(22)31(23)19-8-5-9-20(18-19)32-25-14-6-15-26(30-25)33-24-13-3-4-16-28-24;;;;/h2*1-18H;1-15H;1-17H;;;;/q4*-1;;;;. The Morgan fingerprint density at radius 3 is 0.885 bits per heavy atom. The molecule has 10 aromatic carbocycles. The zero-order valence-corrected chi connectivity index (χ0v) is 86.7. The number of benzene rings is 10. The van der Waals surface area contributed by atoms with E-state index in [1.165, 1.54) is 32.3 Å². The van der Waals surface area contributed by atoms with Gasteiger partial charge in [0.1, 0.15) is 39.9 Å². The van der Waals surface area contributed by atoms with Gasteiger partial charge >= 0.3 is 0 Å². The molecule has 31 aromatic rings. The third kappa shape index (κ3) is 16.0. The van der Waals surface area contributed by atoms with E-state index in [1.807, 2.05) is 207 Å². The first-order valence-electron chi connectivity index (χ1n) is 46.6. The Morgan fingerprint density at radius 2 is 0.459 bits per heavy atom. The maximum atomic E-state index is 6.35. The number of rotatable bonds is 15. The van der Waals surface area contributed by atoms with Crippen molar-refractivity contribution >= 4 is 180 Å². The van der Waals surface area contributed by atoms with Crippen LogP contribution in [0, 0.1) is 24.3 Å². The second-order valence-electron chi connectivity index (χ2n) is 34.3. The van der Waals surface area contributed by atoms with Crippen molar-refractivity contribution in [1.82, 2.24) is 86.7 Å². The Hall–Kier alpha value is -17.8. The van der Waals surface area contributed by atoms with Gasteiger partial charge in [-0.2, -0.15) is 44.2 Å². The number of pyridine rings is 12. The van der Waals surface area contributed by atoms with Crippen LogP contribution < -0.4 is 28.4 Å². The molecule has 0 aliphatic carbocycles. The van der Waals surface area contributed by atoms with Crippen LogP contribution in [0.2, 0.25) is 0 Å². The van der Waals surface area contributed by atoms with E-state index in [4.69, 9.17) is 48.4 Å². The molecular weight excluding hydrogens is 2560 g/mol. The third-order valence-corrected chi connectivity index (χ3v) is 26.0. The molecule has 28 heteroatoms. The van der Waals surface area contributed by atoms with Gasteiger partial charge in [-0.3, -0.25) is 9.13 Å². The van der Waals surface area contributed by atoms with Crippen LogP contribution >= 0.6 is 0 Å². The van der Waals surface area contributed by atoms with Crippen LogP contribution in [0.15, 0.2) is 414 Å². The van der Waals surface area contributed by atoms with Gasteiger partial charge < -0.3 is 46.2 Å². The molecule has 714 valence electrons. The number of hydrogen-bond acceptors (Lipinski definition) is 18. The zero-order chi connectivity index (χ0) is 94.8. The minimum Gasteiger partial charge on any atom is -0.466 e. The summed E-state index contributed by atoms with van der Waals surface area (Å²) in [6.45, 7) is 0. The van der Waals surface area contributed by atoms with Crippen LogP contribution in [0.4, 0.5) is 0 Å². The number of fused-ring (bicyclic) bond motifs is 27. The third-order valence-electron chi connectivity index (χ3n) is 26.0. The molecule has 0 N–H and O–H groups in total. The Labute approximate surface area is 893 Å². The zero-order valence-electron chi connectivity index (χ0n) is 77.1. The second kappa shape index (κ2) is 38.7. The second-order valence-corrected chi connectivity index (χ2v) is 34.3. The fourth-order valence-corrected chi connectivity index (χ4v) is 20.1. The Balaban J connectivity index is 0.000000105. The van der Waals surface area contributed by atoms with E-state index < -0.39 is 0 Å². The average molecular weight is 2630 g/mol. The molecule has 0 aliphatic heterocycles. The molecule has 24 nitrogen and oxygen atoms in total. The molecule has 21 aromatic heterocycles. The Morgan fingerprint density at radius 1 is 0.169 bits per heavy atom. The molecule has 0 saturated heterocycles. The number of aromatic nitrogens is 18. The predicted molar refractivity (Wildman–Crippen MR) is 561 cm³/mol. The molecule has 0 spiro atoms. The summed E-state index contributed by atoms with van der Waals surface area (Å²) in [4.78, 5) is 55.0. The van der Waals surface area contributed by atoms with Gasteiger partial charge in [0.2, 0.25) is 47.0 Å². The molecule has 0 fully saturated rings. The van der Waals surface area contributed by atoms with E-state index in [9.17, 15) is 0 Å². The first kappa shape index (κ1) is 92.6. The van der Waals surface area contributed by atoms with Gasteiger partial charge in [-0.15, -0.1) is 70.8 Å². The molecule has 0 unspecified atom stereocenters. The van der Waals surface area contributed by atoms with Gasteiger partial charge in [-0.05, 0) is 131 Å². The SMILES string of the molecule is [Ir].[Ir].[Ir].[Ir].[c-]1c(Oc2ccc3c4ccccc4n(-c4ccccn4)c3n2)ccc2c3cccc4c5cccnc5n(c12)c34.[c-]1c(Oc2cccc(-n3c4ccccc4c4cccnc43)n2)ccc2c3cccc4c5cccnc5n(c12)c34.[c-]1c(Oc2cccc(Oc3ccccn3)n2)ccc2c3cccc4c5cccnc5n(c12)c34.[c-]1c(Oc2cccc(Oc3ccccn3)n2)cccc1-n1c2ccccc2c2cccnc21. The Kier molecular flexibility index (Phi) is 24.2. The first-order chi connectivity index (χ1) is 71.4. The van der Waals surface area contributed by atoms with Crippen LogP contribution in [-0.4, -0.2) is 86.7 Å². The predicted octanol–water partition coefficient (Wildman–Crippen LogP) is 28.2. The van der Waals surface area contributed by atoms with E-state index in [-0.39, 0.29) is 80.4 Å². The quantitative estimate of drug-likeness (QED) is 0.0867. The van der Waals surface area contributed by atoms with Crippen molar-refractivity contribution in [1.29, 1.82) is 0 Å². The minimum absolute atomic E-state index is 0. The van der Waals surface area contributed by atoms with Gasteiger partial charge in [0.25, 0.3) is 0 Å². The van der Waals surface area contributed by atoms with Crippen molar-refractivity contribution in [2.24, 2.45) is 0 Å². The maximum absolute atomic E-state index is 6.35. The molecule has 4 radical (unpaired) electrons. The van der Waals surface area contributed by atoms with Crippen LogP contribution in [-0.2, 0) is 80.4 Å². The molecule has 21 heterocycles. The number of nitrogens with zero attached hydrogens (tertiary/aromatic N) is 18. The van der Waals surface area contributed by atoms with Crippen LogP contribution in [0.5, 0.6) is 70.0 Å². The van der Waals surface area contributed by atoms with Crippen molar-refractivity contribution in [3.63, 3.8) is 0 Å². The molecule has 0 aliphatic rings. The summed E-state index contributed by atoms with van der Waals surface area (Å²) >= 11 is 0. The summed E-state index contributed by atoms with van der Waals surface area (Å²) in [7, 11) is 0. The average Bonchev–Trinajstić information content (AvgIpc) is 1.55. The first-order valence-corrected chi connectivity index (χ1v) is 46.6. The van der Waals surface area contributed by atoms with E-state index in [2.05, 4.69) is 237 Å². The molecule has 0 amide bonds. The topological polar surface area (TPSA) is 238 Å². The smallest absolute Gasteiger partial charge is 0.224 e. The molecule has 0 saturated carbocycles. The fraction of sp³-hybridized carbons (Fsp3) is 0. The molecule has 31 rings (SSSR count). The molecular formula is C120H68Ir4N18O6-4. The Bertz CT molecular complexity index is 10400. The van der Waals surface area contributed by atoms with Crippen LogP contribution in [0.1, 0.15) is 0 Å². The van der Waals surface area contributed by atoms with Crippen LogP contribution in [0.25, 0.3) is 198 Å². The van der Waals surface area contributed by atoms with Gasteiger partial charge in [-0.25, -0.2) is 39.9 Å². The van der Waals surface area contributed by atoms with E-state index >= 15 is 0 Å². The fourth-order valence-electron chi connectivity index (χ4n) is 20.1. The van der Waals surface area contributed by atoms with Crippen LogP contribution in [0.3, 0.4) is 0 Å². The van der Waals surface area contributed by atoms with Crippen molar-refractivity contribution in [3.05, 3.63) is 438 Å². The van der Waals surface area contributed by atoms with Gasteiger partial charge in [-0.1, -0.05) is 168 Å². The van der Waals surface area contributed by atoms with Crippen molar-refractivity contribution in [2.45, 2.75) is 0 Å². The summed E-state index contributed by atoms with van der Waals surface area (Å²) in [5.74, 6) is 7.39. The summed E-state index contributed by atoms with van der Waals surface area (Å²) < 4.78 is 49.0. The number of para-hydroxylation sites is 6. The molecule has 0 atom stereocenters. The number of ether oxygens (including phenoxy) is 6. The van der Waals surface area contributed by atoms with Gasteiger partial charge in [0.15, 0.2) is 5.65 Å². The van der Waals surface area contributed by atoms with Crippen molar-refractivity contribution in [3.8, 4) is 87.4 Å². The van der Waals surface area contributed by atoms with Crippen molar-refractivity contribution < 1.29 is 109 Å². The molecule has 148 heavy (non-hydrogen) atoms.